The summed E-state index contributed by atoms with van der Waals surface area (Å²) in [6, 6.07) is 13.1. The number of imide groups is 1. The standard InChI is InChI=1S/C19H16FNO4S/c20-16-4-2-1-3-15(16)13(10-22)11-25-14-7-5-12(6-8-14)9-17-18(23)21-19(24)26-17/h1-8,10,13,17H,9,11H2,(H,21,23,24). The maximum atomic E-state index is 13.8. The first kappa shape index (κ1) is 18.1. The maximum Gasteiger partial charge on any atom is 0.286 e. The summed E-state index contributed by atoms with van der Waals surface area (Å²) in [5, 5.41) is 1.51. The zero-order chi connectivity index (χ0) is 18.5. The summed E-state index contributed by atoms with van der Waals surface area (Å²) in [5.74, 6) is -0.874. The second-order valence-corrected chi connectivity index (χ2v) is 6.98. The first-order valence-electron chi connectivity index (χ1n) is 8.00. The summed E-state index contributed by atoms with van der Waals surface area (Å²) < 4.78 is 19.4. The van der Waals surface area contributed by atoms with Gasteiger partial charge in [0.25, 0.3) is 5.24 Å². The maximum absolute atomic E-state index is 13.8. The van der Waals surface area contributed by atoms with Gasteiger partial charge in [-0.1, -0.05) is 42.1 Å². The molecule has 1 aliphatic rings. The van der Waals surface area contributed by atoms with Crippen LogP contribution in [-0.2, 0) is 16.0 Å². The number of carbonyl (C=O) groups is 3. The molecular weight excluding hydrogens is 357 g/mol. The van der Waals surface area contributed by atoms with Crippen molar-refractivity contribution in [2.75, 3.05) is 6.61 Å². The Morgan fingerprint density at radius 2 is 1.88 bits per heavy atom. The van der Waals surface area contributed by atoms with Gasteiger partial charge >= 0.3 is 0 Å². The number of hydrogen-bond donors (Lipinski definition) is 1. The van der Waals surface area contributed by atoms with E-state index in [2.05, 4.69) is 5.32 Å². The molecule has 1 N–H and O–H groups in total. The van der Waals surface area contributed by atoms with E-state index in [0.717, 1.165) is 17.3 Å². The topological polar surface area (TPSA) is 72.5 Å². The Hall–Kier alpha value is -2.67. The molecule has 0 aliphatic carbocycles. The molecule has 0 spiro atoms. The minimum absolute atomic E-state index is 0.0269. The number of thioether (sulfide) groups is 1. The average molecular weight is 373 g/mol. The predicted molar refractivity (Wildman–Crippen MR) is 95.8 cm³/mol. The summed E-state index contributed by atoms with van der Waals surface area (Å²) in [4.78, 5) is 34.0. The van der Waals surface area contributed by atoms with Crippen molar-refractivity contribution in [2.45, 2.75) is 17.6 Å². The molecule has 3 rings (SSSR count). The highest BCUT2D eigenvalue weighted by molar-refractivity contribution is 8.15. The van der Waals surface area contributed by atoms with E-state index in [1.165, 1.54) is 6.07 Å². The molecule has 0 bridgehead atoms. The van der Waals surface area contributed by atoms with Gasteiger partial charge in [-0.3, -0.25) is 14.9 Å². The Morgan fingerprint density at radius 1 is 1.15 bits per heavy atom. The lowest BCUT2D eigenvalue weighted by Crippen LogP contribution is -2.25. The molecule has 0 radical (unpaired) electrons. The van der Waals surface area contributed by atoms with Crippen LogP contribution in [0.3, 0.4) is 0 Å². The highest BCUT2D eigenvalue weighted by Gasteiger charge is 2.31. The van der Waals surface area contributed by atoms with Crippen molar-refractivity contribution in [3.8, 4) is 5.75 Å². The fourth-order valence-corrected chi connectivity index (χ4v) is 3.49. The number of carbonyl (C=O) groups excluding carboxylic acids is 3. The zero-order valence-electron chi connectivity index (χ0n) is 13.7. The average Bonchev–Trinajstić information content (AvgIpc) is 2.95. The first-order valence-corrected chi connectivity index (χ1v) is 8.87. The van der Waals surface area contributed by atoms with Gasteiger partial charge in [0, 0.05) is 5.56 Å². The number of benzene rings is 2. The lowest BCUT2D eigenvalue weighted by atomic mass is 10.0. The Labute approximate surface area is 153 Å². The number of hydrogen-bond acceptors (Lipinski definition) is 5. The summed E-state index contributed by atoms with van der Waals surface area (Å²) in [5.41, 5.74) is 1.19. The number of halogens is 1. The molecule has 7 heteroatoms. The van der Waals surface area contributed by atoms with Gasteiger partial charge in [-0.25, -0.2) is 4.39 Å². The highest BCUT2D eigenvalue weighted by Crippen LogP contribution is 2.24. The fourth-order valence-electron chi connectivity index (χ4n) is 2.63. The summed E-state index contributed by atoms with van der Waals surface area (Å²) in [6.45, 7) is 0.0269. The monoisotopic (exact) mass is 373 g/mol. The van der Waals surface area contributed by atoms with Gasteiger partial charge in [0.05, 0.1) is 11.2 Å². The van der Waals surface area contributed by atoms with Crippen LogP contribution < -0.4 is 10.1 Å². The van der Waals surface area contributed by atoms with Crippen molar-refractivity contribution in [3.63, 3.8) is 0 Å². The van der Waals surface area contributed by atoms with Crippen LogP contribution in [0.4, 0.5) is 9.18 Å². The lowest BCUT2D eigenvalue weighted by molar-refractivity contribution is -0.119. The molecule has 5 nitrogen and oxygen atoms in total. The van der Waals surface area contributed by atoms with Gasteiger partial charge in [0.2, 0.25) is 5.91 Å². The molecule has 26 heavy (non-hydrogen) atoms. The van der Waals surface area contributed by atoms with Crippen molar-refractivity contribution in [3.05, 3.63) is 65.5 Å². The van der Waals surface area contributed by atoms with E-state index in [1.807, 2.05) is 0 Å². The molecule has 2 unspecified atom stereocenters. The van der Waals surface area contributed by atoms with Crippen LogP contribution in [0, 0.1) is 5.82 Å². The summed E-state index contributed by atoms with van der Waals surface area (Å²) in [6.07, 6.45) is 1.11. The molecule has 2 amide bonds. The molecule has 0 saturated carbocycles. The largest absolute Gasteiger partial charge is 0.493 e. The van der Waals surface area contributed by atoms with Crippen LogP contribution in [-0.4, -0.2) is 29.3 Å². The van der Waals surface area contributed by atoms with E-state index < -0.39 is 17.0 Å². The van der Waals surface area contributed by atoms with Crippen molar-refractivity contribution in [2.24, 2.45) is 0 Å². The zero-order valence-corrected chi connectivity index (χ0v) is 14.5. The molecule has 134 valence electrons. The molecule has 0 aromatic heterocycles. The van der Waals surface area contributed by atoms with Crippen LogP contribution in [0.2, 0.25) is 0 Å². The Balaban J connectivity index is 1.59. The van der Waals surface area contributed by atoms with Crippen molar-refractivity contribution in [1.29, 1.82) is 0 Å². The molecule has 1 saturated heterocycles. The van der Waals surface area contributed by atoms with Crippen LogP contribution >= 0.6 is 11.8 Å². The van der Waals surface area contributed by atoms with Gasteiger partial charge in [-0.05, 0) is 30.2 Å². The Kier molecular flexibility index (Phi) is 5.68. The highest BCUT2D eigenvalue weighted by atomic mass is 32.2. The van der Waals surface area contributed by atoms with E-state index in [9.17, 15) is 18.8 Å². The second-order valence-electron chi connectivity index (χ2n) is 5.81. The first-order chi connectivity index (χ1) is 12.6. The molecular formula is C19H16FNO4S. The van der Waals surface area contributed by atoms with E-state index in [4.69, 9.17) is 4.74 Å². The predicted octanol–water partition coefficient (Wildman–Crippen LogP) is 3.08. The number of ether oxygens (including phenoxy) is 1. The summed E-state index contributed by atoms with van der Waals surface area (Å²) >= 11 is 0.984. The Bertz CT molecular complexity index is 825. The third-order valence-corrected chi connectivity index (χ3v) is 4.99. The van der Waals surface area contributed by atoms with E-state index in [-0.39, 0.29) is 17.8 Å². The molecule has 2 aromatic rings. The molecule has 1 fully saturated rings. The second kappa shape index (κ2) is 8.14. The third-order valence-electron chi connectivity index (χ3n) is 4.01. The van der Waals surface area contributed by atoms with Crippen molar-refractivity contribution >= 4 is 29.2 Å². The van der Waals surface area contributed by atoms with Crippen LogP contribution in [0.5, 0.6) is 5.75 Å². The van der Waals surface area contributed by atoms with Gasteiger partial charge in [0.15, 0.2) is 0 Å². The minimum Gasteiger partial charge on any atom is -0.493 e. The van der Waals surface area contributed by atoms with E-state index in [0.29, 0.717) is 24.0 Å². The van der Waals surface area contributed by atoms with Gasteiger partial charge < -0.3 is 9.53 Å². The number of aldehydes is 1. The lowest BCUT2D eigenvalue weighted by Gasteiger charge is -2.14. The number of nitrogens with one attached hydrogen (secondary N) is 1. The van der Waals surface area contributed by atoms with Crippen LogP contribution in [0.15, 0.2) is 48.5 Å². The normalized spacial score (nSPS) is 17.7. The quantitative estimate of drug-likeness (QED) is 0.755. The van der Waals surface area contributed by atoms with E-state index >= 15 is 0 Å². The van der Waals surface area contributed by atoms with Crippen molar-refractivity contribution < 1.29 is 23.5 Å². The number of rotatable bonds is 7. The summed E-state index contributed by atoms with van der Waals surface area (Å²) in [7, 11) is 0. The van der Waals surface area contributed by atoms with E-state index in [1.54, 1.807) is 42.5 Å². The van der Waals surface area contributed by atoms with Crippen LogP contribution in [0.1, 0.15) is 17.0 Å². The van der Waals surface area contributed by atoms with Crippen molar-refractivity contribution in [1.82, 2.24) is 5.32 Å². The van der Waals surface area contributed by atoms with Gasteiger partial charge in [0.1, 0.15) is 24.5 Å². The molecule has 1 heterocycles. The van der Waals surface area contributed by atoms with Gasteiger partial charge in [-0.2, -0.15) is 0 Å². The Morgan fingerprint density at radius 3 is 2.50 bits per heavy atom. The van der Waals surface area contributed by atoms with Gasteiger partial charge in [-0.15, -0.1) is 0 Å². The van der Waals surface area contributed by atoms with Crippen LogP contribution in [0.25, 0.3) is 0 Å². The molecule has 1 aliphatic heterocycles. The molecule has 2 atom stereocenters. The SMILES string of the molecule is O=CC(COc1ccc(CC2SC(=O)NC2=O)cc1)c1ccccc1F. The molecule has 2 aromatic carbocycles. The third kappa shape index (κ3) is 4.29. The number of amides is 2. The minimum atomic E-state index is -0.694. The fraction of sp³-hybridized carbons (Fsp3) is 0.211. The smallest absolute Gasteiger partial charge is 0.286 e.